The molecule has 4 fully saturated rings. The highest BCUT2D eigenvalue weighted by atomic mass is 16.2. The predicted octanol–water partition coefficient (Wildman–Crippen LogP) is 1.14. The molecule has 2 aromatic rings. The van der Waals surface area contributed by atoms with E-state index in [4.69, 9.17) is 0 Å². The first-order valence-corrected chi connectivity index (χ1v) is 9.60. The Morgan fingerprint density at radius 2 is 1.89 bits per heavy atom. The first-order valence-electron chi connectivity index (χ1n) is 9.60. The fourth-order valence-corrected chi connectivity index (χ4v) is 4.19. The normalized spacial score (nSPS) is 25.0. The van der Waals surface area contributed by atoms with Crippen molar-refractivity contribution in [3.63, 3.8) is 0 Å². The lowest BCUT2D eigenvalue weighted by atomic mass is 9.94. The molecule has 0 aromatic carbocycles. The molecule has 140 valence electrons. The van der Waals surface area contributed by atoms with Gasteiger partial charge in [0.2, 0.25) is 5.91 Å². The number of aromatic nitrogens is 4. The van der Waals surface area contributed by atoms with E-state index in [1.807, 2.05) is 4.90 Å². The van der Waals surface area contributed by atoms with Crippen LogP contribution in [0.5, 0.6) is 0 Å². The van der Waals surface area contributed by atoms with Gasteiger partial charge in [0, 0.05) is 31.9 Å². The van der Waals surface area contributed by atoms with Gasteiger partial charge >= 0.3 is 0 Å². The van der Waals surface area contributed by atoms with E-state index in [9.17, 15) is 9.59 Å². The van der Waals surface area contributed by atoms with Gasteiger partial charge in [-0.05, 0) is 43.7 Å². The molecule has 8 heteroatoms. The van der Waals surface area contributed by atoms with E-state index in [0.717, 1.165) is 19.4 Å². The van der Waals surface area contributed by atoms with Crippen molar-refractivity contribution >= 4 is 11.8 Å². The maximum atomic E-state index is 13.0. The third-order valence-electron chi connectivity index (χ3n) is 5.91. The van der Waals surface area contributed by atoms with Gasteiger partial charge in [0.05, 0.1) is 11.5 Å². The highest BCUT2D eigenvalue weighted by molar-refractivity contribution is 5.95. The Labute approximate surface area is 157 Å². The minimum absolute atomic E-state index is 0.0456. The van der Waals surface area contributed by atoms with Crippen molar-refractivity contribution in [1.29, 1.82) is 0 Å². The number of fused-ring (bicyclic) bond motifs is 4. The summed E-state index contributed by atoms with van der Waals surface area (Å²) in [5, 5.41) is 7.53. The van der Waals surface area contributed by atoms with E-state index in [2.05, 4.69) is 20.1 Å². The van der Waals surface area contributed by atoms with Gasteiger partial charge in [0.1, 0.15) is 18.5 Å². The largest absolute Gasteiger partial charge is 0.337 e. The van der Waals surface area contributed by atoms with Crippen LogP contribution < -0.4 is 0 Å². The van der Waals surface area contributed by atoms with Crippen LogP contribution in [-0.2, 0) is 4.79 Å². The van der Waals surface area contributed by atoms with E-state index in [-0.39, 0.29) is 23.8 Å². The standard InChI is InChI=1S/C19H22N6O2/c26-18(14-4-6-17(20-7-14)24-11-21-22-12-24)23-9-15-3-5-16(10-23)25(19(15)27)8-13-1-2-13/h4,6-7,11-13,15-16H,1-3,5,8-10H2/t15-,16+/m0/s1. The minimum Gasteiger partial charge on any atom is -0.337 e. The molecule has 2 bridgehead atoms. The molecule has 4 aliphatic rings. The van der Waals surface area contributed by atoms with Crippen molar-refractivity contribution in [2.45, 2.75) is 31.7 Å². The smallest absolute Gasteiger partial charge is 0.255 e. The van der Waals surface area contributed by atoms with Crippen LogP contribution in [0.2, 0.25) is 0 Å². The fraction of sp³-hybridized carbons (Fsp3) is 0.526. The molecular weight excluding hydrogens is 344 g/mol. The number of hydrogen-bond acceptors (Lipinski definition) is 5. The average molecular weight is 366 g/mol. The Hall–Kier alpha value is -2.77. The summed E-state index contributed by atoms with van der Waals surface area (Å²) in [6, 6.07) is 3.72. The fourth-order valence-electron chi connectivity index (χ4n) is 4.19. The molecule has 2 amide bonds. The second-order valence-corrected chi connectivity index (χ2v) is 7.85. The van der Waals surface area contributed by atoms with Crippen LogP contribution >= 0.6 is 0 Å². The molecular formula is C19H22N6O2. The van der Waals surface area contributed by atoms with Crippen LogP contribution in [-0.4, -0.2) is 67.0 Å². The van der Waals surface area contributed by atoms with Crippen LogP contribution in [0.1, 0.15) is 36.0 Å². The first kappa shape index (κ1) is 16.4. The number of carbonyl (C=O) groups excluding carboxylic acids is 2. The van der Waals surface area contributed by atoms with Crippen LogP contribution in [0.15, 0.2) is 31.0 Å². The molecule has 1 aliphatic carbocycles. The second kappa shape index (κ2) is 6.44. The maximum Gasteiger partial charge on any atom is 0.255 e. The van der Waals surface area contributed by atoms with Gasteiger partial charge in [-0.25, -0.2) is 4.98 Å². The summed E-state index contributed by atoms with van der Waals surface area (Å²) in [5.74, 6) is 1.48. The first-order chi connectivity index (χ1) is 13.2. The zero-order valence-electron chi connectivity index (χ0n) is 15.1. The van der Waals surface area contributed by atoms with Crippen molar-refractivity contribution in [3.05, 3.63) is 36.5 Å². The molecule has 0 spiro atoms. The lowest BCUT2D eigenvalue weighted by molar-refractivity contribution is -0.140. The molecule has 3 saturated heterocycles. The molecule has 27 heavy (non-hydrogen) atoms. The Morgan fingerprint density at radius 3 is 2.59 bits per heavy atom. The van der Waals surface area contributed by atoms with Crippen molar-refractivity contribution < 1.29 is 9.59 Å². The topological polar surface area (TPSA) is 84.2 Å². The van der Waals surface area contributed by atoms with Gasteiger partial charge in [0.15, 0.2) is 0 Å². The molecule has 0 N–H and O–H groups in total. The Kier molecular flexibility index (Phi) is 3.91. The number of carbonyl (C=O) groups is 2. The van der Waals surface area contributed by atoms with Crippen LogP contribution in [0.25, 0.3) is 5.82 Å². The van der Waals surface area contributed by atoms with E-state index >= 15 is 0 Å². The quantitative estimate of drug-likeness (QED) is 0.810. The molecule has 2 atom stereocenters. The number of amides is 2. The third kappa shape index (κ3) is 3.09. The van der Waals surface area contributed by atoms with Gasteiger partial charge in [-0.1, -0.05) is 0 Å². The lowest BCUT2D eigenvalue weighted by Gasteiger charge is -2.36. The van der Waals surface area contributed by atoms with Gasteiger partial charge in [0.25, 0.3) is 5.91 Å². The van der Waals surface area contributed by atoms with Gasteiger partial charge in [-0.15, -0.1) is 10.2 Å². The second-order valence-electron chi connectivity index (χ2n) is 7.85. The van der Waals surface area contributed by atoms with Gasteiger partial charge < -0.3 is 9.80 Å². The average Bonchev–Trinajstić information content (AvgIpc) is 3.42. The summed E-state index contributed by atoms with van der Waals surface area (Å²) in [6.45, 7) is 2.01. The van der Waals surface area contributed by atoms with Crippen LogP contribution in [0.3, 0.4) is 0 Å². The van der Waals surface area contributed by atoms with Crippen molar-refractivity contribution in [2.24, 2.45) is 11.8 Å². The number of pyridine rings is 1. The summed E-state index contributed by atoms with van der Waals surface area (Å²) >= 11 is 0. The van der Waals surface area contributed by atoms with Crippen molar-refractivity contribution in [2.75, 3.05) is 19.6 Å². The summed E-state index contributed by atoms with van der Waals surface area (Å²) in [7, 11) is 0. The Morgan fingerprint density at radius 1 is 1.07 bits per heavy atom. The molecule has 1 saturated carbocycles. The molecule has 3 aliphatic heterocycles. The minimum atomic E-state index is -0.0595. The highest BCUT2D eigenvalue weighted by Gasteiger charge is 2.43. The summed E-state index contributed by atoms with van der Waals surface area (Å²) in [5.41, 5.74) is 0.550. The summed E-state index contributed by atoms with van der Waals surface area (Å²) in [4.78, 5) is 34.1. The lowest BCUT2D eigenvalue weighted by Crippen LogP contribution is -2.48. The van der Waals surface area contributed by atoms with E-state index in [1.54, 1.807) is 35.6 Å². The van der Waals surface area contributed by atoms with Crippen molar-refractivity contribution in [3.8, 4) is 5.82 Å². The third-order valence-corrected chi connectivity index (χ3v) is 5.91. The summed E-state index contributed by atoms with van der Waals surface area (Å²) < 4.78 is 1.69. The van der Waals surface area contributed by atoms with Crippen molar-refractivity contribution in [1.82, 2.24) is 29.5 Å². The zero-order chi connectivity index (χ0) is 18.4. The van der Waals surface area contributed by atoms with Crippen LogP contribution in [0.4, 0.5) is 0 Å². The number of hydrogen-bond donors (Lipinski definition) is 0. The Bertz CT molecular complexity index is 846. The Balaban J connectivity index is 1.33. The molecule has 6 rings (SSSR count). The predicted molar refractivity (Wildman–Crippen MR) is 96.0 cm³/mol. The molecule has 0 radical (unpaired) electrons. The number of piperidine rings is 1. The van der Waals surface area contributed by atoms with E-state index in [0.29, 0.717) is 30.4 Å². The monoisotopic (exact) mass is 366 g/mol. The summed E-state index contributed by atoms with van der Waals surface area (Å²) in [6.07, 6.45) is 9.07. The molecule has 5 heterocycles. The van der Waals surface area contributed by atoms with Gasteiger partial charge in [-0.2, -0.15) is 0 Å². The zero-order valence-corrected chi connectivity index (χ0v) is 15.1. The van der Waals surface area contributed by atoms with Crippen LogP contribution in [0, 0.1) is 11.8 Å². The number of nitrogens with zero attached hydrogens (tertiary/aromatic N) is 6. The molecule has 2 aromatic heterocycles. The SMILES string of the molecule is O=C(c1ccc(-n2cnnc2)nc1)N1C[C@@H]2CC[C@H](C1)N(CC1CC1)C2=O. The highest BCUT2D eigenvalue weighted by Crippen LogP contribution is 2.35. The number of rotatable bonds is 4. The molecule has 0 unspecified atom stereocenters. The molecule has 8 nitrogen and oxygen atoms in total. The van der Waals surface area contributed by atoms with E-state index in [1.165, 1.54) is 12.8 Å². The van der Waals surface area contributed by atoms with Gasteiger partial charge in [-0.3, -0.25) is 14.2 Å². The maximum absolute atomic E-state index is 13.0. The van der Waals surface area contributed by atoms with E-state index < -0.39 is 0 Å².